The van der Waals surface area contributed by atoms with E-state index in [4.69, 9.17) is 0 Å². The summed E-state index contributed by atoms with van der Waals surface area (Å²) in [6.45, 7) is 4.19. The van der Waals surface area contributed by atoms with Crippen molar-refractivity contribution in [1.29, 1.82) is 0 Å². The number of likely N-dealkylation sites (N-methyl/N-ethyl adjacent to an activating group) is 1. The monoisotopic (exact) mass is 269 g/mol. The van der Waals surface area contributed by atoms with Crippen LogP contribution >= 0.6 is 0 Å². The van der Waals surface area contributed by atoms with Crippen molar-refractivity contribution in [1.82, 2.24) is 5.32 Å². The lowest BCUT2D eigenvalue weighted by Crippen LogP contribution is -2.46. The molecule has 1 unspecified atom stereocenters. The van der Waals surface area contributed by atoms with Crippen LogP contribution in [0, 0.1) is 0 Å². The molecule has 104 valence electrons. The molecule has 0 aliphatic heterocycles. The average molecular weight is 269 g/mol. The highest BCUT2D eigenvalue weighted by Gasteiger charge is 2.33. The fourth-order valence-electron chi connectivity index (χ4n) is 2.28. The lowest BCUT2D eigenvalue weighted by atomic mass is 9.90. The normalized spacial score (nSPS) is 13.7. The van der Waals surface area contributed by atoms with Crippen LogP contribution in [0.4, 0.5) is 0 Å². The molecule has 0 aliphatic rings. The Morgan fingerprint density at radius 1 is 1.05 bits per heavy atom. The highest BCUT2D eigenvalue weighted by Crippen LogP contribution is 2.25. The van der Waals surface area contributed by atoms with Crippen LogP contribution in [0.25, 0.3) is 11.1 Å². The van der Waals surface area contributed by atoms with Gasteiger partial charge >= 0.3 is 5.97 Å². The van der Waals surface area contributed by atoms with E-state index in [1.54, 1.807) is 6.92 Å². The topological polar surface area (TPSA) is 49.3 Å². The van der Waals surface area contributed by atoms with Gasteiger partial charge in [0.15, 0.2) is 0 Å². The van der Waals surface area contributed by atoms with Crippen molar-refractivity contribution in [3.8, 4) is 11.1 Å². The minimum Gasteiger partial charge on any atom is -0.480 e. The molecule has 2 N–H and O–H groups in total. The minimum absolute atomic E-state index is 0.600. The van der Waals surface area contributed by atoms with E-state index in [0.29, 0.717) is 6.54 Å². The summed E-state index contributed by atoms with van der Waals surface area (Å²) < 4.78 is 0. The second-order valence-electron chi connectivity index (χ2n) is 4.90. The Kier molecular flexibility index (Phi) is 4.20. The molecule has 2 rings (SSSR count). The van der Waals surface area contributed by atoms with Crippen molar-refractivity contribution in [3.63, 3.8) is 0 Å². The van der Waals surface area contributed by atoms with Crippen molar-refractivity contribution in [2.75, 3.05) is 6.54 Å². The van der Waals surface area contributed by atoms with Crippen molar-refractivity contribution < 1.29 is 9.90 Å². The number of aliphatic carboxylic acids is 1. The van der Waals surface area contributed by atoms with Crippen LogP contribution in [0.1, 0.15) is 19.4 Å². The molecule has 2 aromatic carbocycles. The molecule has 20 heavy (non-hydrogen) atoms. The second kappa shape index (κ2) is 5.88. The molecule has 0 radical (unpaired) electrons. The smallest absolute Gasteiger partial charge is 0.328 e. The van der Waals surface area contributed by atoms with E-state index >= 15 is 0 Å². The maximum atomic E-state index is 11.5. The molecule has 0 bridgehead atoms. The van der Waals surface area contributed by atoms with Gasteiger partial charge in [-0.2, -0.15) is 0 Å². The Morgan fingerprint density at radius 3 is 2.10 bits per heavy atom. The van der Waals surface area contributed by atoms with Gasteiger partial charge in [0.2, 0.25) is 0 Å². The summed E-state index contributed by atoms with van der Waals surface area (Å²) in [5.74, 6) is -0.869. The van der Waals surface area contributed by atoms with E-state index in [0.717, 1.165) is 16.7 Å². The van der Waals surface area contributed by atoms with Crippen LogP contribution < -0.4 is 5.32 Å². The Balaban J connectivity index is 2.34. The van der Waals surface area contributed by atoms with Crippen LogP contribution in [0.3, 0.4) is 0 Å². The SMILES string of the molecule is CCNC(C)(C(=O)O)c1ccc(-c2ccccc2)cc1. The van der Waals surface area contributed by atoms with Crippen LogP contribution in [0.15, 0.2) is 54.6 Å². The standard InChI is InChI=1S/C17H19NO2/c1-3-18-17(2,16(19)20)15-11-9-14(10-12-15)13-7-5-4-6-8-13/h4-12,18H,3H2,1-2H3,(H,19,20). The first-order valence-electron chi connectivity index (χ1n) is 6.72. The molecule has 0 aromatic heterocycles. The molecule has 2 aromatic rings. The van der Waals surface area contributed by atoms with Gasteiger partial charge in [0, 0.05) is 0 Å². The number of nitrogens with one attached hydrogen (secondary N) is 1. The fraction of sp³-hybridized carbons (Fsp3) is 0.235. The van der Waals surface area contributed by atoms with Crippen molar-refractivity contribution in [2.45, 2.75) is 19.4 Å². The zero-order valence-electron chi connectivity index (χ0n) is 11.8. The summed E-state index contributed by atoms with van der Waals surface area (Å²) >= 11 is 0. The highest BCUT2D eigenvalue weighted by atomic mass is 16.4. The molecular weight excluding hydrogens is 250 g/mol. The van der Waals surface area contributed by atoms with E-state index in [2.05, 4.69) is 5.32 Å². The molecule has 0 saturated heterocycles. The maximum Gasteiger partial charge on any atom is 0.328 e. The molecule has 0 spiro atoms. The molecule has 3 nitrogen and oxygen atoms in total. The van der Waals surface area contributed by atoms with Gasteiger partial charge in [-0.3, -0.25) is 5.32 Å². The van der Waals surface area contributed by atoms with E-state index in [1.165, 1.54) is 0 Å². The number of carboxylic acid groups (broad SMARTS) is 1. The molecule has 1 atom stereocenters. The van der Waals surface area contributed by atoms with E-state index in [-0.39, 0.29) is 0 Å². The van der Waals surface area contributed by atoms with Crippen LogP contribution in [-0.4, -0.2) is 17.6 Å². The summed E-state index contributed by atoms with van der Waals surface area (Å²) in [5, 5.41) is 12.5. The summed E-state index contributed by atoms with van der Waals surface area (Å²) in [6.07, 6.45) is 0. The zero-order chi connectivity index (χ0) is 14.6. The fourth-order valence-corrected chi connectivity index (χ4v) is 2.28. The van der Waals surface area contributed by atoms with Gasteiger partial charge in [-0.1, -0.05) is 61.5 Å². The van der Waals surface area contributed by atoms with Gasteiger partial charge in [-0.05, 0) is 30.2 Å². The third kappa shape index (κ3) is 2.73. The molecule has 3 heteroatoms. The Labute approximate surface area is 119 Å². The Morgan fingerprint density at radius 2 is 1.60 bits per heavy atom. The van der Waals surface area contributed by atoms with Gasteiger partial charge in [-0.25, -0.2) is 4.79 Å². The summed E-state index contributed by atoms with van der Waals surface area (Å²) in [5.41, 5.74) is 1.91. The first-order valence-corrected chi connectivity index (χ1v) is 6.72. The van der Waals surface area contributed by atoms with Gasteiger partial charge in [-0.15, -0.1) is 0 Å². The third-order valence-corrected chi connectivity index (χ3v) is 3.53. The van der Waals surface area contributed by atoms with Crippen LogP contribution in [-0.2, 0) is 10.3 Å². The zero-order valence-corrected chi connectivity index (χ0v) is 11.8. The van der Waals surface area contributed by atoms with Crippen LogP contribution in [0.2, 0.25) is 0 Å². The van der Waals surface area contributed by atoms with Crippen molar-refractivity contribution in [2.24, 2.45) is 0 Å². The van der Waals surface area contributed by atoms with Gasteiger partial charge in [0.25, 0.3) is 0 Å². The first-order chi connectivity index (χ1) is 9.58. The second-order valence-corrected chi connectivity index (χ2v) is 4.90. The van der Waals surface area contributed by atoms with E-state index in [9.17, 15) is 9.90 Å². The Hall–Kier alpha value is -2.13. The highest BCUT2D eigenvalue weighted by molar-refractivity contribution is 5.80. The quantitative estimate of drug-likeness (QED) is 0.876. The molecule has 0 heterocycles. The molecule has 0 aliphatic carbocycles. The predicted octanol–water partition coefficient (Wildman–Crippen LogP) is 3.26. The number of hydrogen-bond donors (Lipinski definition) is 2. The molecular formula is C17H19NO2. The predicted molar refractivity (Wildman–Crippen MR) is 80.5 cm³/mol. The number of benzene rings is 2. The molecule has 0 saturated carbocycles. The summed E-state index contributed by atoms with van der Waals surface area (Å²) in [4.78, 5) is 11.5. The van der Waals surface area contributed by atoms with Gasteiger partial charge in [0.05, 0.1) is 0 Å². The number of carbonyl (C=O) groups is 1. The van der Waals surface area contributed by atoms with Gasteiger partial charge in [0.1, 0.15) is 5.54 Å². The van der Waals surface area contributed by atoms with Crippen LogP contribution in [0.5, 0.6) is 0 Å². The van der Waals surface area contributed by atoms with Gasteiger partial charge < -0.3 is 5.11 Å². The number of rotatable bonds is 5. The van der Waals surface area contributed by atoms with Crippen molar-refractivity contribution >= 4 is 5.97 Å². The van der Waals surface area contributed by atoms with Crippen molar-refractivity contribution in [3.05, 3.63) is 60.2 Å². The lowest BCUT2D eigenvalue weighted by Gasteiger charge is -2.26. The largest absolute Gasteiger partial charge is 0.480 e. The third-order valence-electron chi connectivity index (χ3n) is 3.53. The first kappa shape index (κ1) is 14.3. The lowest BCUT2D eigenvalue weighted by molar-refractivity contribution is -0.144. The molecule has 0 amide bonds. The summed E-state index contributed by atoms with van der Waals surface area (Å²) in [7, 11) is 0. The number of carboxylic acids is 1. The minimum atomic E-state index is -1.05. The van der Waals surface area contributed by atoms with E-state index < -0.39 is 11.5 Å². The Bertz CT molecular complexity index is 578. The number of hydrogen-bond acceptors (Lipinski definition) is 2. The average Bonchev–Trinajstić information content (AvgIpc) is 2.48. The molecule has 0 fully saturated rings. The van der Waals surface area contributed by atoms with E-state index in [1.807, 2.05) is 61.5 Å². The summed E-state index contributed by atoms with van der Waals surface area (Å²) in [6, 6.07) is 17.7. The maximum absolute atomic E-state index is 11.5.